The molecular weight excluding hydrogens is 285 g/mol. The molecule has 0 fully saturated rings. The van der Waals surface area contributed by atoms with Gasteiger partial charge in [0.2, 0.25) is 0 Å². The molecule has 4 nitrogen and oxygen atoms in total. The first-order chi connectivity index (χ1) is 6.93. The van der Waals surface area contributed by atoms with Gasteiger partial charge < -0.3 is 0 Å². The third-order valence-electron chi connectivity index (χ3n) is 1.79. The van der Waals surface area contributed by atoms with E-state index in [4.69, 9.17) is 11.6 Å². The number of hydrogen-bond acceptors (Lipinski definition) is 3. The average molecular weight is 293 g/mol. The molecule has 15 heavy (non-hydrogen) atoms. The molecule has 80 valence electrons. The molecule has 1 rings (SSSR count). The average Bonchev–Trinajstić information content (AvgIpc) is 2.16. The molecule has 0 spiro atoms. The molecular formula is C9H7BrClNO3. The number of nitro groups is 1. The Kier molecular flexibility index (Phi) is 3.82. The summed E-state index contributed by atoms with van der Waals surface area (Å²) in [6.07, 6.45) is 0. The molecule has 0 amide bonds. The lowest BCUT2D eigenvalue weighted by Gasteiger charge is -2.03. The van der Waals surface area contributed by atoms with E-state index in [0.717, 1.165) is 0 Å². The van der Waals surface area contributed by atoms with Crippen molar-refractivity contribution in [2.75, 3.05) is 0 Å². The highest BCUT2D eigenvalue weighted by atomic mass is 79.9. The lowest BCUT2D eigenvalue weighted by Crippen LogP contribution is -2.10. The van der Waals surface area contributed by atoms with Gasteiger partial charge in [0, 0.05) is 11.6 Å². The van der Waals surface area contributed by atoms with Crippen LogP contribution in [0.5, 0.6) is 0 Å². The maximum Gasteiger partial charge on any atom is 0.288 e. The summed E-state index contributed by atoms with van der Waals surface area (Å²) in [7, 11) is 0. The predicted octanol–water partition coefficient (Wildman–Crippen LogP) is 3.21. The first-order valence-electron chi connectivity index (χ1n) is 4.05. The number of hydrogen-bond donors (Lipinski definition) is 0. The van der Waals surface area contributed by atoms with Crippen LogP contribution in [0.3, 0.4) is 0 Å². The van der Waals surface area contributed by atoms with Crippen LogP contribution in [0.25, 0.3) is 0 Å². The number of carbonyl (C=O) groups excluding carboxylic acids is 1. The molecule has 0 aromatic heterocycles. The molecule has 0 radical (unpaired) electrons. The van der Waals surface area contributed by atoms with Gasteiger partial charge in [-0.15, -0.1) is 0 Å². The topological polar surface area (TPSA) is 60.2 Å². The van der Waals surface area contributed by atoms with Crippen LogP contribution >= 0.6 is 27.5 Å². The highest BCUT2D eigenvalue weighted by Crippen LogP contribution is 2.26. The quantitative estimate of drug-likeness (QED) is 0.372. The van der Waals surface area contributed by atoms with Crippen LogP contribution < -0.4 is 0 Å². The Morgan fingerprint density at radius 2 is 2.20 bits per heavy atom. The number of ketones is 1. The molecule has 0 heterocycles. The molecule has 1 aromatic rings. The normalized spacial score (nSPS) is 12.2. The monoisotopic (exact) mass is 291 g/mol. The minimum Gasteiger partial charge on any atom is -0.293 e. The van der Waals surface area contributed by atoms with Gasteiger partial charge in [-0.1, -0.05) is 27.5 Å². The highest BCUT2D eigenvalue weighted by Gasteiger charge is 2.18. The number of rotatable bonds is 3. The number of benzene rings is 1. The fourth-order valence-corrected chi connectivity index (χ4v) is 1.49. The lowest BCUT2D eigenvalue weighted by molar-refractivity contribution is -0.384. The fourth-order valence-electron chi connectivity index (χ4n) is 1.04. The number of nitro benzene ring substituents is 1. The molecule has 0 bridgehead atoms. The Bertz CT molecular complexity index is 420. The maximum absolute atomic E-state index is 11.5. The first-order valence-corrected chi connectivity index (χ1v) is 5.35. The zero-order valence-electron chi connectivity index (χ0n) is 7.74. The van der Waals surface area contributed by atoms with Crippen molar-refractivity contribution in [3.63, 3.8) is 0 Å². The van der Waals surface area contributed by atoms with Crippen LogP contribution in [0.4, 0.5) is 5.69 Å². The van der Waals surface area contributed by atoms with Crippen LogP contribution in [0.1, 0.15) is 17.3 Å². The first kappa shape index (κ1) is 12.1. The van der Waals surface area contributed by atoms with E-state index in [1.54, 1.807) is 6.92 Å². The van der Waals surface area contributed by atoms with E-state index in [9.17, 15) is 14.9 Å². The summed E-state index contributed by atoms with van der Waals surface area (Å²) < 4.78 is 0. The highest BCUT2D eigenvalue weighted by molar-refractivity contribution is 9.10. The summed E-state index contributed by atoms with van der Waals surface area (Å²) in [5, 5.41) is 10.6. The van der Waals surface area contributed by atoms with Crippen LogP contribution in [0.2, 0.25) is 5.02 Å². The smallest absolute Gasteiger partial charge is 0.288 e. The van der Waals surface area contributed by atoms with E-state index in [1.807, 2.05) is 0 Å². The summed E-state index contributed by atoms with van der Waals surface area (Å²) in [4.78, 5) is 21.1. The number of alkyl halides is 1. The molecule has 0 aliphatic rings. The third-order valence-corrected chi connectivity index (χ3v) is 2.52. The largest absolute Gasteiger partial charge is 0.293 e. The summed E-state index contributed by atoms with van der Waals surface area (Å²) in [6.45, 7) is 1.66. The van der Waals surface area contributed by atoms with E-state index in [2.05, 4.69) is 15.9 Å². The standard InChI is InChI=1S/C9H7BrClNO3/c1-5(10)9(13)6-2-3-7(11)8(4-6)12(14)15/h2-5H,1H3. The maximum atomic E-state index is 11.5. The molecule has 0 saturated heterocycles. The Labute approximate surface area is 99.5 Å². The summed E-state index contributed by atoms with van der Waals surface area (Å²) in [6, 6.07) is 4.00. The summed E-state index contributed by atoms with van der Waals surface area (Å²) in [5.74, 6) is -0.213. The van der Waals surface area contributed by atoms with Crippen LogP contribution in [-0.4, -0.2) is 15.5 Å². The SMILES string of the molecule is CC(Br)C(=O)c1ccc(Cl)c([N+](=O)[O-])c1. The Hall–Kier alpha value is -0.940. The zero-order valence-corrected chi connectivity index (χ0v) is 10.1. The Balaban J connectivity index is 3.19. The van der Waals surface area contributed by atoms with Crippen molar-refractivity contribution in [2.24, 2.45) is 0 Å². The summed E-state index contributed by atoms with van der Waals surface area (Å²) >= 11 is 8.71. The number of Topliss-reactive ketones (excluding diaryl/α,β-unsaturated/α-hetero) is 1. The van der Waals surface area contributed by atoms with Crippen molar-refractivity contribution in [3.05, 3.63) is 38.9 Å². The van der Waals surface area contributed by atoms with Gasteiger partial charge >= 0.3 is 0 Å². The van der Waals surface area contributed by atoms with Crippen molar-refractivity contribution in [2.45, 2.75) is 11.8 Å². The zero-order chi connectivity index (χ0) is 11.6. The van der Waals surface area contributed by atoms with Gasteiger partial charge in [0.25, 0.3) is 5.69 Å². The molecule has 0 aliphatic heterocycles. The Morgan fingerprint density at radius 1 is 1.60 bits per heavy atom. The van der Waals surface area contributed by atoms with Crippen molar-refractivity contribution in [1.82, 2.24) is 0 Å². The number of nitrogens with zero attached hydrogens (tertiary/aromatic N) is 1. The van der Waals surface area contributed by atoms with E-state index in [-0.39, 0.29) is 26.9 Å². The third kappa shape index (κ3) is 2.76. The van der Waals surface area contributed by atoms with Crippen molar-refractivity contribution in [3.8, 4) is 0 Å². The van der Waals surface area contributed by atoms with Gasteiger partial charge in [0.1, 0.15) is 5.02 Å². The molecule has 0 saturated carbocycles. The van der Waals surface area contributed by atoms with Gasteiger partial charge in [-0.05, 0) is 19.1 Å². The van der Waals surface area contributed by atoms with Crippen LogP contribution in [0, 0.1) is 10.1 Å². The molecule has 1 aromatic carbocycles. The minimum absolute atomic E-state index is 0.0266. The molecule has 1 unspecified atom stereocenters. The van der Waals surface area contributed by atoms with Gasteiger partial charge in [-0.2, -0.15) is 0 Å². The van der Waals surface area contributed by atoms with Crippen molar-refractivity contribution >= 4 is 39.0 Å². The second-order valence-electron chi connectivity index (χ2n) is 2.90. The fraction of sp³-hybridized carbons (Fsp3) is 0.222. The predicted molar refractivity (Wildman–Crippen MR) is 60.8 cm³/mol. The van der Waals surface area contributed by atoms with E-state index in [1.165, 1.54) is 18.2 Å². The minimum atomic E-state index is -0.613. The number of carbonyl (C=O) groups is 1. The second kappa shape index (κ2) is 4.72. The molecule has 1 atom stereocenters. The van der Waals surface area contributed by atoms with E-state index >= 15 is 0 Å². The van der Waals surface area contributed by atoms with Gasteiger partial charge in [-0.25, -0.2) is 0 Å². The lowest BCUT2D eigenvalue weighted by atomic mass is 10.1. The van der Waals surface area contributed by atoms with Crippen molar-refractivity contribution < 1.29 is 9.72 Å². The Morgan fingerprint density at radius 3 is 2.67 bits per heavy atom. The van der Waals surface area contributed by atoms with E-state index in [0.29, 0.717) is 0 Å². The van der Waals surface area contributed by atoms with Gasteiger partial charge in [-0.3, -0.25) is 14.9 Å². The van der Waals surface area contributed by atoms with E-state index < -0.39 is 4.92 Å². The second-order valence-corrected chi connectivity index (χ2v) is 4.68. The van der Waals surface area contributed by atoms with Gasteiger partial charge in [0.05, 0.1) is 9.75 Å². The number of halogens is 2. The molecule has 6 heteroatoms. The van der Waals surface area contributed by atoms with Crippen LogP contribution in [-0.2, 0) is 0 Å². The van der Waals surface area contributed by atoms with Crippen LogP contribution in [0.15, 0.2) is 18.2 Å². The molecule has 0 N–H and O–H groups in total. The van der Waals surface area contributed by atoms with Gasteiger partial charge in [0.15, 0.2) is 5.78 Å². The molecule has 0 aliphatic carbocycles. The summed E-state index contributed by atoms with van der Waals surface area (Å²) in [5.41, 5.74) is 0.0196. The van der Waals surface area contributed by atoms with Crippen molar-refractivity contribution in [1.29, 1.82) is 0 Å².